The third-order valence-corrected chi connectivity index (χ3v) is 2.43. The Kier molecular flexibility index (Phi) is 4.66. The fourth-order valence-electron chi connectivity index (χ4n) is 1.55. The zero-order chi connectivity index (χ0) is 8.81. The van der Waals surface area contributed by atoms with Gasteiger partial charge in [-0.2, -0.15) is 0 Å². The summed E-state index contributed by atoms with van der Waals surface area (Å²) in [5.41, 5.74) is 7.36. The molecular formula is C9H16ClNO. The van der Waals surface area contributed by atoms with Gasteiger partial charge in [-0.3, -0.25) is 0 Å². The zero-order valence-corrected chi connectivity index (χ0v) is 7.96. The number of rotatable bonds is 3. The van der Waals surface area contributed by atoms with Gasteiger partial charge in [0, 0.05) is 11.6 Å². The van der Waals surface area contributed by atoms with Gasteiger partial charge in [0.15, 0.2) is 0 Å². The smallest absolute Gasteiger partial charge is 0.0730 e. The lowest BCUT2D eigenvalue weighted by Crippen LogP contribution is -2.39. The van der Waals surface area contributed by atoms with Gasteiger partial charge in [-0.15, -0.1) is 0 Å². The monoisotopic (exact) mass is 189 g/mol. The van der Waals surface area contributed by atoms with E-state index in [1.165, 1.54) is 18.4 Å². The van der Waals surface area contributed by atoms with E-state index in [4.69, 9.17) is 22.1 Å². The molecule has 3 heteroatoms. The van der Waals surface area contributed by atoms with Gasteiger partial charge in [0.05, 0.1) is 12.7 Å². The first-order chi connectivity index (χ1) is 5.84. The van der Waals surface area contributed by atoms with Crippen molar-refractivity contribution >= 4 is 11.6 Å². The minimum atomic E-state index is 0.225. The van der Waals surface area contributed by atoms with Crippen molar-refractivity contribution in [2.45, 2.75) is 37.8 Å². The van der Waals surface area contributed by atoms with Gasteiger partial charge in [0.25, 0.3) is 0 Å². The molecule has 1 fully saturated rings. The van der Waals surface area contributed by atoms with Gasteiger partial charge >= 0.3 is 0 Å². The van der Waals surface area contributed by atoms with Crippen LogP contribution in [0, 0.1) is 0 Å². The standard InChI is InChI=1S/C9H16ClNO/c10-6-3-7-12-9-5-2-1-4-8(9)11/h3,6,8-9H,1-2,4-5,7,11H2/b6-3+. The number of ether oxygens (including phenoxy) is 1. The Bertz CT molecular complexity index is 149. The van der Waals surface area contributed by atoms with Crippen LogP contribution in [0.3, 0.4) is 0 Å². The minimum absolute atomic E-state index is 0.225. The van der Waals surface area contributed by atoms with Gasteiger partial charge in [-0.05, 0) is 18.9 Å². The van der Waals surface area contributed by atoms with E-state index >= 15 is 0 Å². The Hall–Kier alpha value is -0.0500. The highest BCUT2D eigenvalue weighted by molar-refractivity contribution is 6.25. The Balaban J connectivity index is 2.20. The fourth-order valence-corrected chi connectivity index (χ4v) is 1.62. The van der Waals surface area contributed by atoms with E-state index in [9.17, 15) is 0 Å². The van der Waals surface area contributed by atoms with E-state index in [-0.39, 0.29) is 12.1 Å². The quantitative estimate of drug-likeness (QED) is 0.738. The van der Waals surface area contributed by atoms with Gasteiger partial charge in [-0.1, -0.05) is 24.4 Å². The molecule has 0 aliphatic heterocycles. The lowest BCUT2D eigenvalue weighted by atomic mass is 9.93. The van der Waals surface area contributed by atoms with Gasteiger partial charge in [0.1, 0.15) is 0 Å². The molecule has 0 bridgehead atoms. The summed E-state index contributed by atoms with van der Waals surface area (Å²) in [7, 11) is 0. The molecule has 2 unspecified atom stereocenters. The largest absolute Gasteiger partial charge is 0.373 e. The van der Waals surface area contributed by atoms with Crippen LogP contribution in [-0.4, -0.2) is 18.8 Å². The molecule has 1 aliphatic rings. The summed E-state index contributed by atoms with van der Waals surface area (Å²) in [6.07, 6.45) is 6.71. The first kappa shape index (κ1) is 10.0. The summed E-state index contributed by atoms with van der Waals surface area (Å²) in [6, 6.07) is 0.225. The van der Waals surface area contributed by atoms with Crippen LogP contribution < -0.4 is 5.73 Å². The highest BCUT2D eigenvalue weighted by atomic mass is 35.5. The van der Waals surface area contributed by atoms with Crippen LogP contribution in [-0.2, 0) is 4.74 Å². The lowest BCUT2D eigenvalue weighted by molar-refractivity contribution is 0.0319. The SMILES string of the molecule is NC1CCCCC1OC/C=C/Cl. The summed E-state index contributed by atoms with van der Waals surface area (Å²) in [4.78, 5) is 0. The average Bonchev–Trinajstić information content (AvgIpc) is 2.09. The summed E-state index contributed by atoms with van der Waals surface area (Å²) in [6.45, 7) is 0.585. The summed E-state index contributed by atoms with van der Waals surface area (Å²) in [5.74, 6) is 0. The normalized spacial score (nSPS) is 31.2. The Morgan fingerprint density at radius 3 is 2.83 bits per heavy atom. The summed E-state index contributed by atoms with van der Waals surface area (Å²) < 4.78 is 5.54. The topological polar surface area (TPSA) is 35.2 Å². The van der Waals surface area contributed by atoms with Crippen LogP contribution in [0.5, 0.6) is 0 Å². The van der Waals surface area contributed by atoms with E-state index in [1.54, 1.807) is 6.08 Å². The van der Waals surface area contributed by atoms with Crippen molar-refractivity contribution in [1.82, 2.24) is 0 Å². The molecule has 70 valence electrons. The molecule has 0 saturated heterocycles. The molecule has 1 saturated carbocycles. The molecule has 0 aromatic carbocycles. The fraction of sp³-hybridized carbons (Fsp3) is 0.778. The molecule has 2 N–H and O–H groups in total. The van der Waals surface area contributed by atoms with Crippen molar-refractivity contribution in [3.8, 4) is 0 Å². The second-order valence-corrected chi connectivity index (χ2v) is 3.43. The first-order valence-corrected chi connectivity index (χ1v) is 4.90. The van der Waals surface area contributed by atoms with Crippen LogP contribution >= 0.6 is 11.6 Å². The average molecular weight is 190 g/mol. The molecule has 0 aromatic heterocycles. The minimum Gasteiger partial charge on any atom is -0.373 e. The van der Waals surface area contributed by atoms with Crippen molar-refractivity contribution in [2.75, 3.05) is 6.61 Å². The number of hydrogen-bond acceptors (Lipinski definition) is 2. The third kappa shape index (κ3) is 3.13. The first-order valence-electron chi connectivity index (χ1n) is 4.47. The second-order valence-electron chi connectivity index (χ2n) is 3.18. The van der Waals surface area contributed by atoms with Crippen molar-refractivity contribution in [3.63, 3.8) is 0 Å². The molecule has 0 heterocycles. The molecule has 2 nitrogen and oxygen atoms in total. The van der Waals surface area contributed by atoms with E-state index < -0.39 is 0 Å². The second kappa shape index (κ2) is 5.57. The van der Waals surface area contributed by atoms with E-state index in [2.05, 4.69) is 0 Å². The number of halogens is 1. The van der Waals surface area contributed by atoms with Gasteiger partial charge in [0.2, 0.25) is 0 Å². The number of hydrogen-bond donors (Lipinski definition) is 1. The summed E-state index contributed by atoms with van der Waals surface area (Å²) >= 11 is 5.36. The Labute approximate surface area is 78.7 Å². The van der Waals surface area contributed by atoms with Crippen molar-refractivity contribution in [3.05, 3.63) is 11.6 Å². The highest BCUT2D eigenvalue weighted by Crippen LogP contribution is 2.19. The van der Waals surface area contributed by atoms with Crippen LogP contribution in [0.25, 0.3) is 0 Å². The van der Waals surface area contributed by atoms with Crippen LogP contribution in [0.1, 0.15) is 25.7 Å². The Morgan fingerprint density at radius 2 is 2.17 bits per heavy atom. The molecule has 2 atom stereocenters. The van der Waals surface area contributed by atoms with E-state index in [0.29, 0.717) is 6.61 Å². The van der Waals surface area contributed by atoms with Crippen LogP contribution in [0.15, 0.2) is 11.6 Å². The maximum Gasteiger partial charge on any atom is 0.0730 e. The maximum atomic E-state index is 5.88. The van der Waals surface area contributed by atoms with E-state index in [0.717, 1.165) is 12.8 Å². The third-order valence-electron chi connectivity index (χ3n) is 2.25. The molecular weight excluding hydrogens is 174 g/mol. The number of nitrogens with two attached hydrogens (primary N) is 1. The van der Waals surface area contributed by atoms with Crippen molar-refractivity contribution in [2.24, 2.45) is 5.73 Å². The Morgan fingerprint density at radius 1 is 1.42 bits per heavy atom. The predicted molar refractivity (Wildman–Crippen MR) is 51.2 cm³/mol. The molecule has 1 rings (SSSR count). The molecule has 1 aliphatic carbocycles. The maximum absolute atomic E-state index is 5.88. The van der Waals surface area contributed by atoms with Crippen molar-refractivity contribution in [1.29, 1.82) is 0 Å². The molecule has 0 radical (unpaired) electrons. The molecule has 0 spiro atoms. The lowest BCUT2D eigenvalue weighted by Gasteiger charge is -2.27. The van der Waals surface area contributed by atoms with Gasteiger partial charge in [-0.25, -0.2) is 0 Å². The van der Waals surface area contributed by atoms with E-state index in [1.807, 2.05) is 0 Å². The highest BCUT2D eigenvalue weighted by Gasteiger charge is 2.21. The van der Waals surface area contributed by atoms with Gasteiger partial charge < -0.3 is 10.5 Å². The molecule has 0 amide bonds. The molecule has 12 heavy (non-hydrogen) atoms. The zero-order valence-electron chi connectivity index (χ0n) is 7.21. The van der Waals surface area contributed by atoms with Crippen LogP contribution in [0.2, 0.25) is 0 Å². The molecule has 0 aromatic rings. The van der Waals surface area contributed by atoms with Crippen LogP contribution in [0.4, 0.5) is 0 Å². The van der Waals surface area contributed by atoms with Crippen molar-refractivity contribution < 1.29 is 4.74 Å². The predicted octanol–water partition coefficient (Wildman–Crippen LogP) is 2.03. The summed E-state index contributed by atoms with van der Waals surface area (Å²) in [5, 5.41) is 0.